The van der Waals surface area contributed by atoms with Crippen LogP contribution in [0.1, 0.15) is 57.3 Å². The van der Waals surface area contributed by atoms with Crippen molar-refractivity contribution in [2.24, 2.45) is 5.41 Å². The summed E-state index contributed by atoms with van der Waals surface area (Å²) in [7, 11) is 0. The van der Waals surface area contributed by atoms with E-state index in [0.29, 0.717) is 12.0 Å². The monoisotopic (exact) mass is 399 g/mol. The Bertz CT molecular complexity index is 1100. The van der Waals surface area contributed by atoms with Crippen molar-refractivity contribution in [1.29, 1.82) is 0 Å². The Morgan fingerprint density at radius 2 is 1.73 bits per heavy atom. The molecule has 4 nitrogen and oxygen atoms in total. The molecule has 1 unspecified atom stereocenters. The highest BCUT2D eigenvalue weighted by atomic mass is 16.4. The van der Waals surface area contributed by atoms with Crippen molar-refractivity contribution < 1.29 is 14.7 Å². The van der Waals surface area contributed by atoms with Crippen LogP contribution in [0.5, 0.6) is 0 Å². The Labute approximate surface area is 176 Å². The molecule has 3 aromatic carbocycles. The van der Waals surface area contributed by atoms with Crippen LogP contribution < -0.4 is 5.32 Å². The van der Waals surface area contributed by atoms with Crippen LogP contribution in [-0.2, 0) is 12.8 Å². The number of nitrogens with one attached hydrogen (secondary N) is 1. The number of rotatable bonds is 5. The number of anilines is 1. The molecule has 30 heavy (non-hydrogen) atoms. The van der Waals surface area contributed by atoms with E-state index in [1.807, 2.05) is 48.5 Å². The maximum atomic E-state index is 12.6. The molecule has 1 heterocycles. The Balaban J connectivity index is 1.60. The van der Waals surface area contributed by atoms with Gasteiger partial charge in [-0.05, 0) is 46.7 Å². The number of hydrogen-bond donors (Lipinski definition) is 2. The number of benzene rings is 3. The summed E-state index contributed by atoms with van der Waals surface area (Å²) >= 11 is 0. The summed E-state index contributed by atoms with van der Waals surface area (Å²) in [5.41, 5.74) is 5.03. The molecule has 0 spiro atoms. The number of aromatic carboxylic acids is 1. The SMILES string of the molecule is CC1(C)Cc2cc(C(=O)O)ccc2NC1c1cccc(CC(=O)c2ccccc2)c1. The van der Waals surface area contributed by atoms with E-state index >= 15 is 0 Å². The second kappa shape index (κ2) is 7.79. The van der Waals surface area contributed by atoms with Crippen molar-refractivity contribution in [3.8, 4) is 0 Å². The molecule has 0 saturated heterocycles. The van der Waals surface area contributed by atoms with Crippen LogP contribution in [0.4, 0.5) is 5.69 Å². The van der Waals surface area contributed by atoms with Gasteiger partial charge in [0.1, 0.15) is 0 Å². The summed E-state index contributed by atoms with van der Waals surface area (Å²) in [6, 6.07) is 22.9. The average Bonchev–Trinajstić information content (AvgIpc) is 2.73. The van der Waals surface area contributed by atoms with Crippen molar-refractivity contribution in [2.45, 2.75) is 32.7 Å². The fourth-order valence-electron chi connectivity index (χ4n) is 4.29. The summed E-state index contributed by atoms with van der Waals surface area (Å²) < 4.78 is 0. The van der Waals surface area contributed by atoms with Gasteiger partial charge in [-0.2, -0.15) is 0 Å². The maximum absolute atomic E-state index is 12.6. The third-order valence-corrected chi connectivity index (χ3v) is 5.82. The average molecular weight is 399 g/mol. The van der Waals surface area contributed by atoms with Crippen LogP contribution in [0.3, 0.4) is 0 Å². The molecule has 0 saturated carbocycles. The number of carboxylic acids is 1. The van der Waals surface area contributed by atoms with E-state index in [1.54, 1.807) is 12.1 Å². The van der Waals surface area contributed by atoms with Crippen molar-refractivity contribution in [3.05, 3.63) is 101 Å². The fourth-order valence-corrected chi connectivity index (χ4v) is 4.29. The first-order valence-corrected chi connectivity index (χ1v) is 10.1. The van der Waals surface area contributed by atoms with E-state index in [-0.39, 0.29) is 17.2 Å². The fraction of sp³-hybridized carbons (Fsp3) is 0.231. The quantitative estimate of drug-likeness (QED) is 0.552. The lowest BCUT2D eigenvalue weighted by Gasteiger charge is -2.41. The van der Waals surface area contributed by atoms with Crippen LogP contribution >= 0.6 is 0 Å². The molecular formula is C26H25NO3. The van der Waals surface area contributed by atoms with Crippen LogP contribution in [0.25, 0.3) is 0 Å². The minimum absolute atomic E-state index is 0.0625. The lowest BCUT2D eigenvalue weighted by molar-refractivity contribution is 0.0696. The predicted octanol–water partition coefficient (Wildman–Crippen LogP) is 5.55. The third kappa shape index (κ3) is 3.99. The molecule has 0 bridgehead atoms. The summed E-state index contributed by atoms with van der Waals surface area (Å²) in [6.07, 6.45) is 1.14. The van der Waals surface area contributed by atoms with Gasteiger partial charge in [0.15, 0.2) is 5.78 Å². The van der Waals surface area contributed by atoms with Gasteiger partial charge in [-0.3, -0.25) is 4.79 Å². The predicted molar refractivity (Wildman–Crippen MR) is 118 cm³/mol. The van der Waals surface area contributed by atoms with Gasteiger partial charge in [-0.1, -0.05) is 68.4 Å². The number of ketones is 1. The molecule has 4 heteroatoms. The Morgan fingerprint density at radius 3 is 2.47 bits per heavy atom. The molecule has 0 aliphatic carbocycles. The smallest absolute Gasteiger partial charge is 0.335 e. The molecule has 0 amide bonds. The summed E-state index contributed by atoms with van der Waals surface area (Å²) in [5, 5.41) is 12.9. The molecule has 1 atom stereocenters. The lowest BCUT2D eigenvalue weighted by Crippen LogP contribution is -2.35. The van der Waals surface area contributed by atoms with Crippen molar-refractivity contribution >= 4 is 17.4 Å². The standard InChI is InChI=1S/C26H25NO3/c1-26(2)16-21-15-20(25(29)30)11-12-22(21)27-24(26)19-10-6-7-17(13-19)14-23(28)18-8-4-3-5-9-18/h3-13,15,24,27H,14,16H2,1-2H3,(H,29,30). The van der Waals surface area contributed by atoms with Gasteiger partial charge in [0.25, 0.3) is 0 Å². The first kappa shape index (κ1) is 19.9. The van der Waals surface area contributed by atoms with E-state index in [4.69, 9.17) is 0 Å². The molecule has 0 aromatic heterocycles. The zero-order chi connectivity index (χ0) is 21.3. The van der Waals surface area contributed by atoms with Gasteiger partial charge in [0.05, 0.1) is 11.6 Å². The summed E-state index contributed by atoms with van der Waals surface area (Å²) in [4.78, 5) is 23.9. The number of carbonyl (C=O) groups is 2. The number of fused-ring (bicyclic) bond motifs is 1. The molecule has 1 aliphatic heterocycles. The zero-order valence-corrected chi connectivity index (χ0v) is 17.2. The van der Waals surface area contributed by atoms with Crippen LogP contribution in [-0.4, -0.2) is 16.9 Å². The van der Waals surface area contributed by atoms with E-state index in [9.17, 15) is 14.7 Å². The highest BCUT2D eigenvalue weighted by molar-refractivity contribution is 5.97. The van der Waals surface area contributed by atoms with Crippen molar-refractivity contribution in [1.82, 2.24) is 0 Å². The number of carboxylic acid groups (broad SMARTS) is 1. The summed E-state index contributed by atoms with van der Waals surface area (Å²) in [5.74, 6) is -0.802. The minimum atomic E-state index is -0.909. The van der Waals surface area contributed by atoms with Gasteiger partial charge >= 0.3 is 5.97 Å². The molecule has 3 aromatic rings. The first-order valence-electron chi connectivity index (χ1n) is 10.1. The van der Waals surface area contributed by atoms with Crippen molar-refractivity contribution in [3.63, 3.8) is 0 Å². The van der Waals surface area contributed by atoms with Gasteiger partial charge in [0.2, 0.25) is 0 Å². The van der Waals surface area contributed by atoms with Crippen LogP contribution in [0.15, 0.2) is 72.8 Å². The molecule has 0 fully saturated rings. The van der Waals surface area contributed by atoms with E-state index in [0.717, 1.165) is 34.4 Å². The molecular weight excluding hydrogens is 374 g/mol. The molecule has 152 valence electrons. The molecule has 1 aliphatic rings. The maximum Gasteiger partial charge on any atom is 0.335 e. The van der Waals surface area contributed by atoms with Crippen LogP contribution in [0, 0.1) is 5.41 Å². The van der Waals surface area contributed by atoms with E-state index in [1.165, 1.54) is 0 Å². The largest absolute Gasteiger partial charge is 0.478 e. The second-order valence-corrected chi connectivity index (χ2v) is 8.63. The highest BCUT2D eigenvalue weighted by Crippen LogP contribution is 2.45. The van der Waals surface area contributed by atoms with Gasteiger partial charge < -0.3 is 10.4 Å². The van der Waals surface area contributed by atoms with E-state index < -0.39 is 5.97 Å². The molecule has 2 N–H and O–H groups in total. The first-order chi connectivity index (χ1) is 14.3. The van der Waals surface area contributed by atoms with E-state index in [2.05, 4.69) is 31.3 Å². The van der Waals surface area contributed by atoms with Gasteiger partial charge in [0, 0.05) is 17.7 Å². The highest BCUT2D eigenvalue weighted by Gasteiger charge is 2.36. The van der Waals surface area contributed by atoms with Crippen molar-refractivity contribution in [2.75, 3.05) is 5.32 Å². The molecule has 0 radical (unpaired) electrons. The van der Waals surface area contributed by atoms with Gasteiger partial charge in [-0.15, -0.1) is 0 Å². The number of Topliss-reactive ketones (excluding diaryl/α,β-unsaturated/α-hetero) is 1. The van der Waals surface area contributed by atoms with Crippen LogP contribution in [0.2, 0.25) is 0 Å². The minimum Gasteiger partial charge on any atom is -0.478 e. The Hall–Kier alpha value is -3.40. The Kier molecular flexibility index (Phi) is 5.17. The normalized spacial score (nSPS) is 16.9. The van der Waals surface area contributed by atoms with Gasteiger partial charge in [-0.25, -0.2) is 4.79 Å². The zero-order valence-electron chi connectivity index (χ0n) is 17.2. The lowest BCUT2D eigenvalue weighted by atomic mass is 9.72. The second-order valence-electron chi connectivity index (χ2n) is 8.63. The number of carbonyl (C=O) groups excluding carboxylic acids is 1. The summed E-state index contributed by atoms with van der Waals surface area (Å²) in [6.45, 7) is 4.37. The topological polar surface area (TPSA) is 66.4 Å². The number of hydrogen-bond acceptors (Lipinski definition) is 3. The molecule has 4 rings (SSSR count). The Morgan fingerprint density at radius 1 is 0.967 bits per heavy atom. The third-order valence-electron chi connectivity index (χ3n) is 5.82.